The van der Waals surface area contributed by atoms with Gasteiger partial charge in [0.15, 0.2) is 0 Å². The zero-order valence-corrected chi connectivity index (χ0v) is 10.7. The second-order valence-corrected chi connectivity index (χ2v) is 5.82. The highest BCUT2D eigenvalue weighted by Gasteiger charge is 2.37. The van der Waals surface area contributed by atoms with E-state index in [2.05, 4.69) is 5.32 Å². The van der Waals surface area contributed by atoms with Gasteiger partial charge in [-0.15, -0.1) is 0 Å². The van der Waals surface area contributed by atoms with Gasteiger partial charge in [-0.1, -0.05) is 6.92 Å². The Labute approximate surface area is 105 Å². The molecule has 2 fully saturated rings. The average Bonchev–Trinajstić information content (AvgIpc) is 2.25. The molecule has 0 aliphatic carbocycles. The number of hydrogen-bond donors (Lipinski definition) is 2. The van der Waals surface area contributed by atoms with E-state index in [1.54, 1.807) is 16.7 Å². The molecule has 2 rings (SSSR count). The third kappa shape index (κ3) is 2.57. The van der Waals surface area contributed by atoms with Gasteiger partial charge in [0, 0.05) is 24.0 Å². The minimum Gasteiger partial charge on any atom is -0.480 e. The molecule has 2 N–H and O–H groups in total. The Morgan fingerprint density at radius 3 is 2.71 bits per heavy atom. The van der Waals surface area contributed by atoms with Gasteiger partial charge in [-0.2, -0.15) is 11.8 Å². The number of hydrogen-bond acceptors (Lipinski definition) is 4. The fraction of sp³-hybridized carbons (Fsp3) is 0.818. The molecule has 0 bridgehead atoms. The molecule has 2 aliphatic rings. The van der Waals surface area contributed by atoms with Crippen LogP contribution in [0, 0.1) is 11.8 Å². The van der Waals surface area contributed by atoms with E-state index in [9.17, 15) is 9.59 Å². The van der Waals surface area contributed by atoms with Crippen molar-refractivity contribution < 1.29 is 14.7 Å². The molecule has 0 aromatic rings. The highest BCUT2D eigenvalue weighted by molar-refractivity contribution is 7.99. The maximum atomic E-state index is 12.3. The van der Waals surface area contributed by atoms with E-state index in [1.165, 1.54) is 0 Å². The summed E-state index contributed by atoms with van der Waals surface area (Å²) in [5.41, 5.74) is 0. The van der Waals surface area contributed by atoms with Crippen molar-refractivity contribution >= 4 is 23.6 Å². The lowest BCUT2D eigenvalue weighted by Gasteiger charge is -2.38. The zero-order valence-electron chi connectivity index (χ0n) is 9.89. The van der Waals surface area contributed by atoms with Crippen molar-refractivity contribution in [2.75, 3.05) is 31.1 Å². The van der Waals surface area contributed by atoms with Crippen LogP contribution in [0.25, 0.3) is 0 Å². The summed E-state index contributed by atoms with van der Waals surface area (Å²) in [7, 11) is 0. The first kappa shape index (κ1) is 12.7. The Morgan fingerprint density at radius 1 is 1.47 bits per heavy atom. The normalized spacial score (nSPS) is 27.4. The third-order valence-corrected chi connectivity index (χ3v) is 4.63. The van der Waals surface area contributed by atoms with Crippen LogP contribution in [-0.2, 0) is 9.59 Å². The molecule has 5 nitrogen and oxygen atoms in total. The number of carboxylic acid groups (broad SMARTS) is 1. The lowest BCUT2D eigenvalue weighted by Crippen LogP contribution is -2.56. The van der Waals surface area contributed by atoms with Crippen molar-refractivity contribution in [3.05, 3.63) is 0 Å². The monoisotopic (exact) mass is 258 g/mol. The molecule has 2 unspecified atom stereocenters. The third-order valence-electron chi connectivity index (χ3n) is 3.61. The van der Waals surface area contributed by atoms with Crippen molar-refractivity contribution in [2.24, 2.45) is 11.8 Å². The molecule has 17 heavy (non-hydrogen) atoms. The Hall–Kier alpha value is -0.750. The number of thioether (sulfide) groups is 1. The molecule has 0 aromatic carbocycles. The minimum absolute atomic E-state index is 0.00389. The predicted octanol–water partition coefficient (Wildman–Crippen LogP) is -0.129. The predicted molar refractivity (Wildman–Crippen MR) is 66.0 cm³/mol. The maximum Gasteiger partial charge on any atom is 0.327 e. The molecular formula is C11H18N2O3S. The van der Waals surface area contributed by atoms with Gasteiger partial charge in [0.25, 0.3) is 0 Å². The van der Waals surface area contributed by atoms with Gasteiger partial charge in [-0.3, -0.25) is 4.79 Å². The lowest BCUT2D eigenvalue weighted by atomic mass is 9.87. The van der Waals surface area contributed by atoms with Gasteiger partial charge >= 0.3 is 5.97 Å². The van der Waals surface area contributed by atoms with Crippen molar-refractivity contribution in [1.29, 1.82) is 0 Å². The fourth-order valence-corrected chi connectivity index (χ4v) is 3.24. The summed E-state index contributed by atoms with van der Waals surface area (Å²) in [4.78, 5) is 25.0. The van der Waals surface area contributed by atoms with Crippen molar-refractivity contribution in [2.45, 2.75) is 13.0 Å². The summed E-state index contributed by atoms with van der Waals surface area (Å²) < 4.78 is 0. The van der Waals surface area contributed by atoms with Crippen LogP contribution in [0.1, 0.15) is 6.92 Å². The minimum atomic E-state index is -0.885. The fourth-order valence-electron chi connectivity index (χ4n) is 2.20. The number of carbonyl (C=O) groups excluding carboxylic acids is 1. The first-order valence-electron chi connectivity index (χ1n) is 5.93. The molecule has 96 valence electrons. The molecule has 2 atom stereocenters. The average molecular weight is 258 g/mol. The topological polar surface area (TPSA) is 69.6 Å². The number of nitrogens with one attached hydrogen (secondary N) is 1. The Balaban J connectivity index is 2.02. The smallest absolute Gasteiger partial charge is 0.327 e. The summed E-state index contributed by atoms with van der Waals surface area (Å²) in [5, 5.41) is 12.3. The van der Waals surface area contributed by atoms with E-state index >= 15 is 0 Å². The standard InChI is InChI=1S/C11H18N2O3S/c1-7(8-4-12-5-8)10(14)13-2-3-17-6-9(13)11(15)16/h7-9,12H,2-6H2,1H3,(H,15,16). The van der Waals surface area contributed by atoms with E-state index in [4.69, 9.17) is 5.11 Å². The molecule has 1 amide bonds. The Bertz CT molecular complexity index is 320. The maximum absolute atomic E-state index is 12.3. The summed E-state index contributed by atoms with van der Waals surface area (Å²) in [5.74, 6) is 0.767. The first-order chi connectivity index (χ1) is 8.11. The van der Waals surface area contributed by atoms with Crippen LogP contribution in [0.2, 0.25) is 0 Å². The van der Waals surface area contributed by atoms with Gasteiger partial charge in [0.05, 0.1) is 0 Å². The molecule has 0 radical (unpaired) electrons. The highest BCUT2D eigenvalue weighted by Crippen LogP contribution is 2.23. The molecule has 2 aliphatic heterocycles. The van der Waals surface area contributed by atoms with Crippen LogP contribution >= 0.6 is 11.8 Å². The van der Waals surface area contributed by atoms with Crippen molar-refractivity contribution in [3.63, 3.8) is 0 Å². The molecule has 6 heteroatoms. The number of aliphatic carboxylic acids is 1. The van der Waals surface area contributed by atoms with Gasteiger partial charge in [0.2, 0.25) is 5.91 Å². The van der Waals surface area contributed by atoms with Crippen LogP contribution in [-0.4, -0.2) is 59.1 Å². The second-order valence-electron chi connectivity index (χ2n) is 4.67. The van der Waals surface area contributed by atoms with Crippen LogP contribution in [0.4, 0.5) is 0 Å². The number of nitrogens with zero attached hydrogens (tertiary/aromatic N) is 1. The van der Waals surface area contributed by atoms with E-state index in [0.717, 1.165) is 18.8 Å². The van der Waals surface area contributed by atoms with Crippen LogP contribution in [0.15, 0.2) is 0 Å². The molecule has 0 spiro atoms. The van der Waals surface area contributed by atoms with E-state index in [0.29, 0.717) is 18.2 Å². The second kappa shape index (κ2) is 5.27. The van der Waals surface area contributed by atoms with Gasteiger partial charge in [-0.05, 0) is 19.0 Å². The molecule has 2 heterocycles. The molecule has 0 aromatic heterocycles. The van der Waals surface area contributed by atoms with Gasteiger partial charge in [0.1, 0.15) is 6.04 Å². The van der Waals surface area contributed by atoms with Crippen molar-refractivity contribution in [1.82, 2.24) is 10.2 Å². The molecular weight excluding hydrogens is 240 g/mol. The largest absolute Gasteiger partial charge is 0.480 e. The molecule has 2 saturated heterocycles. The summed E-state index contributed by atoms with van der Waals surface area (Å²) in [6, 6.07) is -0.642. The van der Waals surface area contributed by atoms with Gasteiger partial charge in [-0.25, -0.2) is 4.79 Å². The van der Waals surface area contributed by atoms with E-state index in [-0.39, 0.29) is 11.8 Å². The summed E-state index contributed by atoms with van der Waals surface area (Å²) >= 11 is 1.61. The zero-order chi connectivity index (χ0) is 12.4. The van der Waals surface area contributed by atoms with E-state index in [1.807, 2.05) is 6.92 Å². The Morgan fingerprint density at radius 2 is 2.18 bits per heavy atom. The van der Waals surface area contributed by atoms with Crippen LogP contribution in [0.3, 0.4) is 0 Å². The summed E-state index contributed by atoms with van der Waals surface area (Å²) in [6.45, 7) is 4.21. The highest BCUT2D eigenvalue weighted by atomic mass is 32.2. The summed E-state index contributed by atoms with van der Waals surface area (Å²) in [6.07, 6.45) is 0. The molecule has 0 saturated carbocycles. The number of carbonyl (C=O) groups is 2. The van der Waals surface area contributed by atoms with Crippen molar-refractivity contribution in [3.8, 4) is 0 Å². The van der Waals surface area contributed by atoms with Crippen LogP contribution in [0.5, 0.6) is 0 Å². The number of amides is 1. The first-order valence-corrected chi connectivity index (χ1v) is 7.08. The lowest BCUT2D eigenvalue weighted by molar-refractivity contribution is -0.151. The van der Waals surface area contributed by atoms with E-state index < -0.39 is 12.0 Å². The SMILES string of the molecule is CC(C(=O)N1CCSCC1C(=O)O)C1CNC1. The Kier molecular flexibility index (Phi) is 3.93. The number of carboxylic acids is 1. The quantitative estimate of drug-likeness (QED) is 0.738. The van der Waals surface area contributed by atoms with Gasteiger partial charge < -0.3 is 15.3 Å². The number of rotatable bonds is 3. The van der Waals surface area contributed by atoms with Crippen LogP contribution < -0.4 is 5.32 Å².